The van der Waals surface area contributed by atoms with Crippen LogP contribution in [0.4, 0.5) is 0 Å². The minimum Gasteiger partial charge on any atom is -0.305 e. The van der Waals surface area contributed by atoms with Crippen LogP contribution in [0.1, 0.15) is 5.69 Å². The second kappa shape index (κ2) is 6.45. The van der Waals surface area contributed by atoms with Crippen molar-refractivity contribution in [1.82, 2.24) is 24.3 Å². The Kier molecular flexibility index (Phi) is 4.39. The summed E-state index contributed by atoms with van der Waals surface area (Å²) in [6.07, 6.45) is 3.50. The molecule has 0 saturated heterocycles. The van der Waals surface area contributed by atoms with Gasteiger partial charge in [0.2, 0.25) is 0 Å². The maximum absolute atomic E-state index is 11.7. The lowest BCUT2D eigenvalue weighted by Gasteiger charge is -2.05. The standard InChI is InChI=1S/C14H15N5OS2/c1-10-9-22-14(20)19(10)6-7-21-13-17-16-12(18(13)2)11-4-3-5-15-8-11/h3-5,8-9H,6-7H2,1-2H3. The van der Waals surface area contributed by atoms with Crippen molar-refractivity contribution in [2.24, 2.45) is 7.05 Å². The second-order valence-corrected chi connectivity index (χ2v) is 6.63. The molecule has 8 heteroatoms. The first kappa shape index (κ1) is 15.0. The number of nitrogens with zero attached hydrogens (tertiary/aromatic N) is 5. The number of aromatic nitrogens is 5. The molecule has 0 radical (unpaired) electrons. The van der Waals surface area contributed by atoms with Crippen molar-refractivity contribution >= 4 is 23.1 Å². The highest BCUT2D eigenvalue weighted by molar-refractivity contribution is 7.99. The first-order chi connectivity index (χ1) is 10.7. The highest BCUT2D eigenvalue weighted by atomic mass is 32.2. The Balaban J connectivity index is 1.70. The zero-order chi connectivity index (χ0) is 15.5. The minimum atomic E-state index is 0.0899. The Labute approximate surface area is 135 Å². The number of rotatable bonds is 5. The summed E-state index contributed by atoms with van der Waals surface area (Å²) < 4.78 is 3.74. The molecule has 3 aromatic heterocycles. The summed E-state index contributed by atoms with van der Waals surface area (Å²) in [7, 11) is 1.94. The van der Waals surface area contributed by atoms with Gasteiger partial charge in [0.05, 0.1) is 0 Å². The van der Waals surface area contributed by atoms with E-state index in [4.69, 9.17) is 0 Å². The molecule has 0 aromatic carbocycles. The molecule has 0 aliphatic carbocycles. The minimum absolute atomic E-state index is 0.0899. The third-order valence-electron chi connectivity index (χ3n) is 3.28. The van der Waals surface area contributed by atoms with Gasteiger partial charge >= 0.3 is 4.87 Å². The summed E-state index contributed by atoms with van der Waals surface area (Å²) in [6.45, 7) is 2.62. The summed E-state index contributed by atoms with van der Waals surface area (Å²) in [4.78, 5) is 15.9. The third kappa shape index (κ3) is 2.97. The van der Waals surface area contributed by atoms with Crippen LogP contribution in [-0.4, -0.2) is 30.1 Å². The zero-order valence-electron chi connectivity index (χ0n) is 12.3. The van der Waals surface area contributed by atoms with Crippen molar-refractivity contribution in [3.63, 3.8) is 0 Å². The van der Waals surface area contributed by atoms with Gasteiger partial charge in [0.1, 0.15) is 0 Å². The van der Waals surface area contributed by atoms with Crippen LogP contribution >= 0.6 is 23.1 Å². The summed E-state index contributed by atoms with van der Waals surface area (Å²) in [6, 6.07) is 3.84. The lowest BCUT2D eigenvalue weighted by Crippen LogP contribution is -2.15. The zero-order valence-corrected chi connectivity index (χ0v) is 13.9. The molecule has 0 bridgehead atoms. The van der Waals surface area contributed by atoms with E-state index >= 15 is 0 Å². The van der Waals surface area contributed by atoms with Crippen molar-refractivity contribution < 1.29 is 0 Å². The van der Waals surface area contributed by atoms with Gasteiger partial charge in [0.15, 0.2) is 11.0 Å². The number of thioether (sulfide) groups is 1. The van der Waals surface area contributed by atoms with E-state index in [9.17, 15) is 4.79 Å². The van der Waals surface area contributed by atoms with Crippen molar-refractivity contribution in [3.8, 4) is 11.4 Å². The Morgan fingerprint density at radius 3 is 2.91 bits per heavy atom. The van der Waals surface area contributed by atoms with E-state index < -0.39 is 0 Å². The molecule has 0 amide bonds. The summed E-state index contributed by atoms with van der Waals surface area (Å²) in [5, 5.41) is 11.2. The van der Waals surface area contributed by atoms with Crippen LogP contribution in [0, 0.1) is 6.92 Å². The van der Waals surface area contributed by atoms with Crippen LogP contribution in [0.2, 0.25) is 0 Å². The molecule has 0 unspecified atom stereocenters. The number of hydrogen-bond donors (Lipinski definition) is 0. The average molecular weight is 333 g/mol. The lowest BCUT2D eigenvalue weighted by atomic mass is 10.3. The highest BCUT2D eigenvalue weighted by Crippen LogP contribution is 2.22. The van der Waals surface area contributed by atoms with E-state index in [1.807, 2.05) is 36.1 Å². The summed E-state index contributed by atoms with van der Waals surface area (Å²) in [5.41, 5.74) is 1.94. The predicted octanol–water partition coefficient (Wildman–Crippen LogP) is 2.20. The molecule has 0 fully saturated rings. The molecule has 0 aliphatic heterocycles. The van der Waals surface area contributed by atoms with Crippen LogP contribution in [0.15, 0.2) is 39.9 Å². The van der Waals surface area contributed by atoms with Crippen molar-refractivity contribution in [2.45, 2.75) is 18.6 Å². The van der Waals surface area contributed by atoms with Gasteiger partial charge < -0.3 is 9.13 Å². The molecule has 114 valence electrons. The molecule has 3 rings (SSSR count). The van der Waals surface area contributed by atoms with Gasteiger partial charge in [-0.1, -0.05) is 23.1 Å². The fourth-order valence-electron chi connectivity index (χ4n) is 2.09. The normalized spacial score (nSPS) is 11.0. The second-order valence-electron chi connectivity index (χ2n) is 4.75. The number of pyridine rings is 1. The topological polar surface area (TPSA) is 65.6 Å². The van der Waals surface area contributed by atoms with Gasteiger partial charge in [0, 0.05) is 48.4 Å². The van der Waals surface area contributed by atoms with E-state index in [1.54, 1.807) is 28.7 Å². The van der Waals surface area contributed by atoms with Crippen molar-refractivity contribution in [1.29, 1.82) is 0 Å². The molecule has 0 N–H and O–H groups in total. The SMILES string of the molecule is Cc1csc(=O)n1CCSc1nnc(-c2cccnc2)n1C. The molecule has 0 aliphatic rings. The number of hydrogen-bond acceptors (Lipinski definition) is 6. The van der Waals surface area contributed by atoms with E-state index in [0.29, 0.717) is 6.54 Å². The number of thiazole rings is 1. The Morgan fingerprint density at radius 2 is 2.23 bits per heavy atom. The van der Waals surface area contributed by atoms with Gasteiger partial charge in [-0.2, -0.15) is 0 Å². The van der Waals surface area contributed by atoms with Crippen LogP contribution in [0.5, 0.6) is 0 Å². The number of aryl methyl sites for hydroxylation is 1. The largest absolute Gasteiger partial charge is 0.307 e. The summed E-state index contributed by atoms with van der Waals surface area (Å²) >= 11 is 2.83. The quantitative estimate of drug-likeness (QED) is 0.670. The van der Waals surface area contributed by atoms with E-state index in [0.717, 1.165) is 28.0 Å². The molecule has 0 saturated carbocycles. The molecule has 22 heavy (non-hydrogen) atoms. The van der Waals surface area contributed by atoms with Gasteiger partial charge in [-0.25, -0.2) is 0 Å². The molecule has 6 nitrogen and oxygen atoms in total. The van der Waals surface area contributed by atoms with Crippen molar-refractivity contribution in [2.75, 3.05) is 5.75 Å². The van der Waals surface area contributed by atoms with Crippen molar-refractivity contribution in [3.05, 3.63) is 45.3 Å². The average Bonchev–Trinajstić information content (AvgIpc) is 3.05. The Hall–Kier alpha value is -1.93. The molecular weight excluding hydrogens is 318 g/mol. The first-order valence-corrected chi connectivity index (χ1v) is 8.61. The van der Waals surface area contributed by atoms with Gasteiger partial charge in [-0.3, -0.25) is 9.78 Å². The van der Waals surface area contributed by atoms with Crippen LogP contribution in [0.25, 0.3) is 11.4 Å². The molecule has 3 aromatic rings. The first-order valence-electron chi connectivity index (χ1n) is 6.74. The van der Waals surface area contributed by atoms with E-state index in [2.05, 4.69) is 15.2 Å². The lowest BCUT2D eigenvalue weighted by molar-refractivity contribution is 0.726. The van der Waals surface area contributed by atoms with Gasteiger partial charge in [0.25, 0.3) is 0 Å². The maximum atomic E-state index is 11.7. The monoisotopic (exact) mass is 333 g/mol. The fourth-order valence-corrected chi connectivity index (χ4v) is 3.69. The van der Waals surface area contributed by atoms with Crippen LogP contribution in [-0.2, 0) is 13.6 Å². The predicted molar refractivity (Wildman–Crippen MR) is 88.3 cm³/mol. The van der Waals surface area contributed by atoms with Gasteiger partial charge in [-0.05, 0) is 19.1 Å². The fraction of sp³-hybridized carbons (Fsp3) is 0.286. The van der Waals surface area contributed by atoms with Gasteiger partial charge in [-0.15, -0.1) is 10.2 Å². The molecule has 0 atom stereocenters. The molecule has 3 heterocycles. The molecule has 0 spiro atoms. The highest BCUT2D eigenvalue weighted by Gasteiger charge is 2.11. The smallest absolute Gasteiger partial charge is 0.305 e. The summed E-state index contributed by atoms with van der Waals surface area (Å²) in [5.74, 6) is 1.57. The maximum Gasteiger partial charge on any atom is 0.307 e. The van der Waals surface area contributed by atoms with Crippen LogP contribution < -0.4 is 4.87 Å². The molecular formula is C14H15N5OS2. The van der Waals surface area contributed by atoms with Crippen LogP contribution in [0.3, 0.4) is 0 Å². The van der Waals surface area contributed by atoms with E-state index in [1.165, 1.54) is 11.3 Å². The van der Waals surface area contributed by atoms with E-state index in [-0.39, 0.29) is 4.87 Å². The Bertz CT molecular complexity index is 821. The third-order valence-corrected chi connectivity index (χ3v) is 5.16. The Morgan fingerprint density at radius 1 is 1.36 bits per heavy atom.